The van der Waals surface area contributed by atoms with Gasteiger partial charge in [-0.25, -0.2) is 13.1 Å². The first-order valence-electron chi connectivity index (χ1n) is 5.73. The van der Waals surface area contributed by atoms with Gasteiger partial charge in [0.25, 0.3) is 5.56 Å². The molecule has 11 heteroatoms. The number of hydrogen-bond donors (Lipinski definition) is 1. The molecule has 1 aromatic heterocycles. The normalized spacial score (nSPS) is 12.4. The van der Waals surface area contributed by atoms with E-state index in [1.807, 2.05) is 0 Å². The highest BCUT2D eigenvalue weighted by molar-refractivity contribution is 9.10. The lowest BCUT2D eigenvalue weighted by Crippen LogP contribution is -2.31. The molecule has 1 heterocycles. The molecule has 6 nitrogen and oxygen atoms in total. The van der Waals surface area contributed by atoms with Crippen LogP contribution < -0.4 is 10.9 Å². The molecule has 1 aromatic rings. The molecule has 0 saturated carbocycles. The Morgan fingerprint density at radius 1 is 1.43 bits per heavy atom. The van der Waals surface area contributed by atoms with Crippen LogP contribution in [0.5, 0.6) is 0 Å². The van der Waals surface area contributed by atoms with Crippen molar-refractivity contribution in [1.82, 2.24) is 9.78 Å². The van der Waals surface area contributed by atoms with Gasteiger partial charge in [-0.05, 0) is 22.4 Å². The van der Waals surface area contributed by atoms with E-state index in [1.165, 1.54) is 0 Å². The molecule has 1 N–H and O–H groups in total. The van der Waals surface area contributed by atoms with Crippen LogP contribution in [0.4, 0.5) is 18.9 Å². The summed E-state index contributed by atoms with van der Waals surface area (Å²) in [4.78, 5) is 11.7. The minimum absolute atomic E-state index is 0.0316. The number of nitrogens with one attached hydrogen (secondary N) is 1. The van der Waals surface area contributed by atoms with Crippen molar-refractivity contribution in [3.05, 3.63) is 21.0 Å². The van der Waals surface area contributed by atoms with Crippen molar-refractivity contribution in [3.63, 3.8) is 0 Å². The molecule has 0 saturated heterocycles. The van der Waals surface area contributed by atoms with Gasteiger partial charge in [0.05, 0.1) is 17.6 Å². The van der Waals surface area contributed by atoms with Crippen molar-refractivity contribution in [1.29, 1.82) is 0 Å². The molecule has 0 aliphatic rings. The molecular weight excluding hydrogens is 379 g/mol. The maximum atomic E-state index is 12.2. The summed E-state index contributed by atoms with van der Waals surface area (Å²) in [5, 5.41) is 6.17. The van der Waals surface area contributed by atoms with Crippen LogP contribution in [-0.4, -0.2) is 42.9 Å². The molecule has 1 rings (SSSR count). The van der Waals surface area contributed by atoms with E-state index in [0.717, 1.165) is 12.5 Å². The zero-order valence-corrected chi connectivity index (χ0v) is 13.3. The average molecular weight is 392 g/mol. The second-order valence-corrected chi connectivity index (χ2v) is 7.41. The third-order valence-corrected chi connectivity index (χ3v) is 4.12. The molecule has 0 atom stereocenters. The summed E-state index contributed by atoms with van der Waals surface area (Å²) in [5.74, 6) is -0.0316. The van der Waals surface area contributed by atoms with E-state index in [4.69, 9.17) is 0 Å². The van der Waals surface area contributed by atoms with Crippen LogP contribution in [0.1, 0.15) is 6.42 Å². The topological polar surface area (TPSA) is 81.1 Å². The molecule has 0 spiro atoms. The van der Waals surface area contributed by atoms with Crippen LogP contribution in [0.15, 0.2) is 15.5 Å². The molecule has 0 aliphatic heterocycles. The molecule has 0 unspecified atom stereocenters. The Morgan fingerprint density at radius 2 is 2.05 bits per heavy atom. The van der Waals surface area contributed by atoms with Gasteiger partial charge in [-0.15, -0.1) is 0 Å². The van der Waals surface area contributed by atoms with Gasteiger partial charge in [-0.3, -0.25) is 4.79 Å². The molecule has 0 bridgehead atoms. The second kappa shape index (κ2) is 6.77. The molecular formula is C10H13BrF3N3O3S. The standard InChI is InChI=1S/C10H13BrF3N3O3S/c1-21(19,20)4-2-3-15-7-5-16-17(6-10(12,13)14)9(18)8(7)11/h5,15H,2-4,6H2,1H3. The van der Waals surface area contributed by atoms with Crippen LogP contribution in [0.3, 0.4) is 0 Å². The second-order valence-electron chi connectivity index (χ2n) is 4.36. The number of hydrogen-bond acceptors (Lipinski definition) is 5. The van der Waals surface area contributed by atoms with Crippen molar-refractivity contribution in [2.45, 2.75) is 19.1 Å². The quantitative estimate of drug-likeness (QED) is 0.741. The molecule has 0 fully saturated rings. The van der Waals surface area contributed by atoms with Gasteiger partial charge in [-0.1, -0.05) is 0 Å². The Hall–Kier alpha value is -1.10. The lowest BCUT2D eigenvalue weighted by atomic mass is 10.4. The van der Waals surface area contributed by atoms with Gasteiger partial charge in [0.1, 0.15) is 20.9 Å². The fourth-order valence-corrected chi connectivity index (χ4v) is 2.54. The summed E-state index contributed by atoms with van der Waals surface area (Å²) in [6, 6.07) is 0. The van der Waals surface area contributed by atoms with Crippen molar-refractivity contribution >= 4 is 31.5 Å². The van der Waals surface area contributed by atoms with Crippen molar-refractivity contribution in [2.75, 3.05) is 23.9 Å². The van der Waals surface area contributed by atoms with E-state index in [0.29, 0.717) is 11.1 Å². The molecule has 120 valence electrons. The van der Waals surface area contributed by atoms with E-state index in [9.17, 15) is 26.4 Å². The lowest BCUT2D eigenvalue weighted by Gasteiger charge is -2.11. The lowest BCUT2D eigenvalue weighted by molar-refractivity contribution is -0.143. The Kier molecular flexibility index (Phi) is 5.79. The van der Waals surface area contributed by atoms with Crippen molar-refractivity contribution in [3.8, 4) is 0 Å². The monoisotopic (exact) mass is 391 g/mol. The predicted octanol–water partition coefficient (Wildman–Crippen LogP) is 1.41. The highest BCUT2D eigenvalue weighted by atomic mass is 79.9. The fraction of sp³-hybridized carbons (Fsp3) is 0.600. The van der Waals surface area contributed by atoms with Crippen LogP contribution in [0.25, 0.3) is 0 Å². The van der Waals surface area contributed by atoms with Crippen molar-refractivity contribution < 1.29 is 21.6 Å². The molecule has 0 aromatic carbocycles. The third kappa shape index (κ3) is 6.46. The maximum Gasteiger partial charge on any atom is 0.408 e. The number of anilines is 1. The van der Waals surface area contributed by atoms with Crippen LogP contribution in [0.2, 0.25) is 0 Å². The Balaban J connectivity index is 2.74. The zero-order valence-electron chi connectivity index (χ0n) is 10.9. The highest BCUT2D eigenvalue weighted by Crippen LogP contribution is 2.19. The highest BCUT2D eigenvalue weighted by Gasteiger charge is 2.29. The van der Waals surface area contributed by atoms with Gasteiger partial charge >= 0.3 is 6.18 Å². The zero-order chi connectivity index (χ0) is 16.3. The van der Waals surface area contributed by atoms with E-state index < -0.39 is 28.1 Å². The van der Waals surface area contributed by atoms with Crippen LogP contribution in [0, 0.1) is 0 Å². The third-order valence-electron chi connectivity index (χ3n) is 2.32. The first kappa shape index (κ1) is 18.0. The van der Waals surface area contributed by atoms with E-state index in [-0.39, 0.29) is 22.5 Å². The van der Waals surface area contributed by atoms with Gasteiger partial charge in [0, 0.05) is 12.8 Å². The summed E-state index contributed by atoms with van der Waals surface area (Å²) in [5.41, 5.74) is -0.702. The minimum atomic E-state index is -4.54. The largest absolute Gasteiger partial charge is 0.408 e. The number of nitrogens with zero attached hydrogens (tertiary/aromatic N) is 2. The summed E-state index contributed by atoms with van der Waals surface area (Å²) in [7, 11) is -3.08. The minimum Gasteiger partial charge on any atom is -0.383 e. The molecule has 0 aliphatic carbocycles. The molecule has 21 heavy (non-hydrogen) atoms. The predicted molar refractivity (Wildman–Crippen MR) is 75.1 cm³/mol. The van der Waals surface area contributed by atoms with Gasteiger partial charge in [0.15, 0.2) is 0 Å². The number of aromatic nitrogens is 2. The number of halogens is 4. The van der Waals surface area contributed by atoms with Crippen molar-refractivity contribution in [2.24, 2.45) is 0 Å². The Labute approximate surface area is 127 Å². The van der Waals surface area contributed by atoms with Crippen LogP contribution >= 0.6 is 15.9 Å². The maximum absolute atomic E-state index is 12.2. The van der Waals surface area contributed by atoms with E-state index >= 15 is 0 Å². The van der Waals surface area contributed by atoms with Gasteiger partial charge < -0.3 is 5.32 Å². The smallest absolute Gasteiger partial charge is 0.383 e. The van der Waals surface area contributed by atoms with E-state index in [1.54, 1.807) is 0 Å². The first-order valence-corrected chi connectivity index (χ1v) is 8.59. The van der Waals surface area contributed by atoms with Gasteiger partial charge in [-0.2, -0.15) is 18.3 Å². The summed E-state index contributed by atoms with van der Waals surface area (Å²) in [6.45, 7) is -1.23. The molecule has 0 radical (unpaired) electrons. The summed E-state index contributed by atoms with van der Waals surface area (Å²) in [6.07, 6.45) is -2.06. The SMILES string of the molecule is CS(=O)(=O)CCCNc1cnn(CC(F)(F)F)c(=O)c1Br. The van der Waals surface area contributed by atoms with Gasteiger partial charge in [0.2, 0.25) is 0 Å². The Bertz CT molecular complexity index is 658. The van der Waals surface area contributed by atoms with E-state index in [2.05, 4.69) is 26.3 Å². The number of sulfone groups is 1. The Morgan fingerprint density at radius 3 is 2.57 bits per heavy atom. The fourth-order valence-electron chi connectivity index (χ4n) is 1.43. The summed E-state index contributed by atoms with van der Waals surface area (Å²) < 4.78 is 58.8. The molecule has 0 amide bonds. The number of rotatable bonds is 6. The first-order chi connectivity index (χ1) is 9.49. The summed E-state index contributed by atoms with van der Waals surface area (Å²) >= 11 is 2.91. The number of alkyl halides is 3. The average Bonchev–Trinajstić information content (AvgIpc) is 2.30. The van der Waals surface area contributed by atoms with Crippen LogP contribution in [-0.2, 0) is 16.4 Å².